The highest BCUT2D eigenvalue weighted by molar-refractivity contribution is 6.21. The molecule has 2 aliphatic rings. The zero-order chi connectivity index (χ0) is 19.4. The van der Waals surface area contributed by atoms with Gasteiger partial charge in [-0.3, -0.25) is 24.5 Å². The van der Waals surface area contributed by atoms with E-state index in [9.17, 15) is 14.4 Å². The van der Waals surface area contributed by atoms with Gasteiger partial charge in [-0.2, -0.15) is 0 Å². The van der Waals surface area contributed by atoms with Crippen LogP contribution < -0.4 is 5.48 Å². The predicted molar refractivity (Wildman–Crippen MR) is 100 cm³/mol. The quantitative estimate of drug-likeness (QED) is 0.364. The topological polar surface area (TPSA) is 102 Å². The van der Waals surface area contributed by atoms with Crippen LogP contribution in [0.5, 0.6) is 0 Å². The average Bonchev–Trinajstić information content (AvgIpc) is 3.22. The van der Waals surface area contributed by atoms with Crippen molar-refractivity contribution in [3.8, 4) is 0 Å². The Kier molecular flexibility index (Phi) is 3.60. The van der Waals surface area contributed by atoms with E-state index in [1.165, 1.54) is 4.90 Å². The van der Waals surface area contributed by atoms with Gasteiger partial charge in [-0.15, -0.1) is 0 Å². The number of H-pyrrole nitrogens is 1. The van der Waals surface area contributed by atoms with Gasteiger partial charge in [0.2, 0.25) is 0 Å². The van der Waals surface area contributed by atoms with Crippen molar-refractivity contribution in [3.05, 3.63) is 70.4 Å². The molecule has 1 aromatic heterocycles. The predicted octanol–water partition coefficient (Wildman–Crippen LogP) is 2.44. The van der Waals surface area contributed by atoms with Gasteiger partial charge in [0.05, 0.1) is 11.1 Å². The molecule has 0 radical (unpaired) electrons. The molecule has 3 aromatic rings. The first-order valence-electron chi connectivity index (χ1n) is 9.13. The molecule has 0 fully saturated rings. The van der Waals surface area contributed by atoms with Crippen LogP contribution >= 0.6 is 0 Å². The smallest absolute Gasteiger partial charge is 0.274 e. The molecular formula is C21H17N3O4. The Balaban J connectivity index is 1.52. The van der Waals surface area contributed by atoms with Crippen molar-refractivity contribution < 1.29 is 19.6 Å². The van der Waals surface area contributed by atoms with E-state index < -0.39 is 5.91 Å². The van der Waals surface area contributed by atoms with Crippen LogP contribution in [-0.4, -0.2) is 38.9 Å². The monoisotopic (exact) mass is 375 g/mol. The highest BCUT2D eigenvalue weighted by Crippen LogP contribution is 2.34. The molecule has 1 unspecified atom stereocenters. The minimum absolute atomic E-state index is 0.228. The maximum atomic E-state index is 12.8. The number of aryl methyl sites for hydroxylation is 1. The van der Waals surface area contributed by atoms with Gasteiger partial charge in [-0.1, -0.05) is 12.1 Å². The van der Waals surface area contributed by atoms with Crippen LogP contribution in [0.3, 0.4) is 0 Å². The summed E-state index contributed by atoms with van der Waals surface area (Å²) in [5, 5.41) is 9.76. The molecule has 28 heavy (non-hydrogen) atoms. The molecule has 1 atom stereocenters. The van der Waals surface area contributed by atoms with Crippen molar-refractivity contribution in [3.63, 3.8) is 0 Å². The molecule has 3 N–H and O–H groups in total. The van der Waals surface area contributed by atoms with Crippen LogP contribution in [0.4, 0.5) is 0 Å². The number of aromatic nitrogens is 1. The first kappa shape index (κ1) is 16.7. The molecule has 7 heteroatoms. The number of carbonyl (C=O) groups is 3. The molecule has 140 valence electrons. The fourth-order valence-corrected chi connectivity index (χ4v) is 4.36. The summed E-state index contributed by atoms with van der Waals surface area (Å²) in [6.07, 6.45) is 1.93. The number of rotatable bonds is 2. The molecule has 2 heterocycles. The van der Waals surface area contributed by atoms with E-state index in [0.29, 0.717) is 36.0 Å². The van der Waals surface area contributed by atoms with Crippen molar-refractivity contribution in [1.82, 2.24) is 15.4 Å². The number of benzene rings is 2. The molecule has 0 bridgehead atoms. The van der Waals surface area contributed by atoms with E-state index in [0.717, 1.165) is 22.2 Å². The van der Waals surface area contributed by atoms with Gasteiger partial charge in [0, 0.05) is 28.2 Å². The zero-order valence-electron chi connectivity index (χ0n) is 14.9. The lowest BCUT2D eigenvalue weighted by Gasteiger charge is -2.29. The molecule has 1 aliphatic carbocycles. The second-order valence-electron chi connectivity index (χ2n) is 7.21. The summed E-state index contributed by atoms with van der Waals surface area (Å²) in [6.45, 7) is 0. The maximum absolute atomic E-state index is 12.8. The SMILES string of the molecule is O=C(NO)c1ccc2[nH]c3c(c2c1)CC(N1C(=O)c2ccccc2C1=O)CC3. The number of fused-ring (bicyclic) bond motifs is 4. The lowest BCUT2D eigenvalue weighted by Crippen LogP contribution is -2.43. The van der Waals surface area contributed by atoms with Crippen LogP contribution in [0, 0.1) is 0 Å². The van der Waals surface area contributed by atoms with Crippen molar-refractivity contribution in [2.45, 2.75) is 25.3 Å². The molecule has 0 saturated carbocycles. The summed E-state index contributed by atoms with van der Waals surface area (Å²) >= 11 is 0. The largest absolute Gasteiger partial charge is 0.358 e. The Hall–Kier alpha value is -3.45. The number of hydrogen-bond acceptors (Lipinski definition) is 4. The number of hydroxylamine groups is 1. The molecule has 7 nitrogen and oxygen atoms in total. The van der Waals surface area contributed by atoms with Gasteiger partial charge >= 0.3 is 0 Å². The highest BCUT2D eigenvalue weighted by Gasteiger charge is 2.41. The van der Waals surface area contributed by atoms with Gasteiger partial charge in [0.25, 0.3) is 17.7 Å². The van der Waals surface area contributed by atoms with Gasteiger partial charge in [0.1, 0.15) is 0 Å². The number of nitrogens with one attached hydrogen (secondary N) is 2. The molecule has 0 saturated heterocycles. The third-order valence-electron chi connectivity index (χ3n) is 5.72. The van der Waals surface area contributed by atoms with E-state index in [1.807, 2.05) is 0 Å². The Morgan fingerprint density at radius 2 is 1.82 bits per heavy atom. The van der Waals surface area contributed by atoms with Gasteiger partial charge in [-0.05, 0) is 55.2 Å². The minimum Gasteiger partial charge on any atom is -0.358 e. The lowest BCUT2D eigenvalue weighted by molar-refractivity contribution is 0.0570. The van der Waals surface area contributed by atoms with Crippen molar-refractivity contribution in [2.24, 2.45) is 0 Å². The highest BCUT2D eigenvalue weighted by atomic mass is 16.5. The van der Waals surface area contributed by atoms with Crippen molar-refractivity contribution >= 4 is 28.6 Å². The first-order valence-corrected chi connectivity index (χ1v) is 9.13. The minimum atomic E-state index is -0.579. The van der Waals surface area contributed by atoms with Crippen molar-refractivity contribution in [2.75, 3.05) is 0 Å². The fourth-order valence-electron chi connectivity index (χ4n) is 4.36. The Labute approximate surface area is 159 Å². The van der Waals surface area contributed by atoms with E-state index >= 15 is 0 Å². The molecule has 3 amide bonds. The molecule has 2 aromatic carbocycles. The Morgan fingerprint density at radius 3 is 2.50 bits per heavy atom. The van der Waals surface area contributed by atoms with Crippen LogP contribution in [0.15, 0.2) is 42.5 Å². The summed E-state index contributed by atoms with van der Waals surface area (Å²) in [5.74, 6) is -1.06. The summed E-state index contributed by atoms with van der Waals surface area (Å²) in [6, 6.07) is 11.8. The summed E-state index contributed by atoms with van der Waals surface area (Å²) in [4.78, 5) is 42.2. The summed E-state index contributed by atoms with van der Waals surface area (Å²) < 4.78 is 0. The lowest BCUT2D eigenvalue weighted by atomic mass is 9.90. The Morgan fingerprint density at radius 1 is 1.11 bits per heavy atom. The van der Waals surface area contributed by atoms with Gasteiger partial charge in [0.15, 0.2) is 0 Å². The number of nitrogens with zero attached hydrogens (tertiary/aromatic N) is 1. The maximum Gasteiger partial charge on any atom is 0.274 e. The molecule has 1 aliphatic heterocycles. The number of carbonyl (C=O) groups excluding carboxylic acids is 3. The van der Waals surface area contributed by atoms with Gasteiger partial charge in [-0.25, -0.2) is 5.48 Å². The van der Waals surface area contributed by atoms with Crippen LogP contribution in [0.1, 0.15) is 48.8 Å². The Bertz CT molecular complexity index is 1130. The van der Waals surface area contributed by atoms with Crippen LogP contribution in [-0.2, 0) is 12.8 Å². The summed E-state index contributed by atoms with van der Waals surface area (Å²) in [5.41, 5.74) is 5.87. The van der Waals surface area contributed by atoms with E-state index in [1.54, 1.807) is 47.9 Å². The second-order valence-corrected chi connectivity index (χ2v) is 7.21. The zero-order valence-corrected chi connectivity index (χ0v) is 14.9. The normalized spacial score (nSPS) is 18.3. The van der Waals surface area contributed by atoms with E-state index in [2.05, 4.69) is 4.98 Å². The third kappa shape index (κ3) is 2.30. The number of aromatic amines is 1. The van der Waals surface area contributed by atoms with E-state index in [-0.39, 0.29) is 17.9 Å². The van der Waals surface area contributed by atoms with Crippen molar-refractivity contribution in [1.29, 1.82) is 0 Å². The van der Waals surface area contributed by atoms with Gasteiger partial charge < -0.3 is 4.98 Å². The number of hydrogen-bond donors (Lipinski definition) is 3. The average molecular weight is 375 g/mol. The number of imide groups is 1. The molecule has 5 rings (SSSR count). The summed E-state index contributed by atoms with van der Waals surface area (Å²) in [7, 11) is 0. The fraction of sp³-hybridized carbons (Fsp3) is 0.190. The standard InChI is InChI=1S/C21H17N3O4/c25-19(23-28)11-5-7-17-15(9-11)16-10-12(6-8-18(16)22-17)24-20(26)13-3-1-2-4-14(13)21(24)27/h1-5,7,9,12,22,28H,6,8,10H2,(H,23,25). The second kappa shape index (κ2) is 6.03. The van der Waals surface area contributed by atoms with Crippen LogP contribution in [0.2, 0.25) is 0 Å². The molecule has 0 spiro atoms. The first-order chi connectivity index (χ1) is 13.6. The van der Waals surface area contributed by atoms with E-state index in [4.69, 9.17) is 5.21 Å². The molecular weight excluding hydrogens is 358 g/mol. The number of amides is 3. The van der Waals surface area contributed by atoms with Crippen LogP contribution in [0.25, 0.3) is 10.9 Å². The third-order valence-corrected chi connectivity index (χ3v) is 5.72.